The van der Waals surface area contributed by atoms with E-state index in [1.807, 2.05) is 0 Å². The van der Waals surface area contributed by atoms with Crippen LogP contribution in [-0.2, 0) is 0 Å². The second-order valence-electron chi connectivity index (χ2n) is 4.99. The summed E-state index contributed by atoms with van der Waals surface area (Å²) in [6, 6.07) is 5.27. The Hall–Kier alpha value is -1.55. The lowest BCUT2D eigenvalue weighted by Crippen LogP contribution is -2.38. The molecule has 1 fully saturated rings. The molecule has 0 saturated carbocycles. The number of benzene rings is 1. The van der Waals surface area contributed by atoms with Gasteiger partial charge in [-0.2, -0.15) is 0 Å². The molecule has 1 aromatic rings. The molecule has 0 bridgehead atoms. The van der Waals surface area contributed by atoms with Crippen molar-refractivity contribution < 1.29 is 9.53 Å². The lowest BCUT2D eigenvalue weighted by atomic mass is 10.0. The number of hydrogen-bond acceptors (Lipinski definition) is 4. The van der Waals surface area contributed by atoms with Crippen LogP contribution in [0, 0.1) is 0 Å². The Balaban J connectivity index is 2.19. The molecular weight excluding hydrogens is 240 g/mol. The molecule has 1 heterocycles. The first-order valence-electron chi connectivity index (χ1n) is 6.89. The van der Waals surface area contributed by atoms with Crippen molar-refractivity contribution in [3.8, 4) is 5.75 Å². The van der Waals surface area contributed by atoms with Gasteiger partial charge in [-0.25, -0.2) is 0 Å². The highest BCUT2D eigenvalue weighted by Gasteiger charge is 2.27. The molecule has 0 aromatic heterocycles. The van der Waals surface area contributed by atoms with Crippen molar-refractivity contribution in [2.75, 3.05) is 25.9 Å². The highest BCUT2D eigenvalue weighted by Crippen LogP contribution is 2.24. The molecule has 1 saturated heterocycles. The van der Waals surface area contributed by atoms with E-state index >= 15 is 0 Å². The molecule has 1 unspecified atom stereocenters. The Kier molecular flexibility index (Phi) is 4.43. The van der Waals surface area contributed by atoms with E-state index in [-0.39, 0.29) is 11.8 Å². The normalized spacial score (nSPS) is 17.4. The first-order valence-corrected chi connectivity index (χ1v) is 6.89. The lowest BCUT2D eigenvalue weighted by Gasteiger charge is -2.25. The summed E-state index contributed by atoms with van der Waals surface area (Å²) < 4.78 is 5.12. The summed E-state index contributed by atoms with van der Waals surface area (Å²) in [5.74, 6) is 0.782. The summed E-state index contributed by atoms with van der Waals surface area (Å²) in [7, 11) is 1.58. The first kappa shape index (κ1) is 13.9. The number of nitrogen functional groups attached to an aromatic ring is 1. The predicted octanol–water partition coefficient (Wildman–Crippen LogP) is 2.33. The maximum atomic E-state index is 12.6. The molecular formula is C15H22N2O2. The number of nitrogens with two attached hydrogens (primary N) is 1. The van der Waals surface area contributed by atoms with Gasteiger partial charge in [0.15, 0.2) is 5.78 Å². The van der Waals surface area contributed by atoms with Gasteiger partial charge in [-0.3, -0.25) is 9.69 Å². The van der Waals surface area contributed by atoms with Crippen LogP contribution in [0.5, 0.6) is 5.75 Å². The summed E-state index contributed by atoms with van der Waals surface area (Å²) in [6.45, 7) is 4.11. The molecule has 2 rings (SSSR count). The summed E-state index contributed by atoms with van der Waals surface area (Å²) in [5, 5.41) is 0. The van der Waals surface area contributed by atoms with Crippen molar-refractivity contribution in [3.05, 3.63) is 23.8 Å². The zero-order valence-corrected chi connectivity index (χ0v) is 11.7. The highest BCUT2D eigenvalue weighted by molar-refractivity contribution is 6.01. The Morgan fingerprint density at radius 1 is 1.42 bits per heavy atom. The van der Waals surface area contributed by atoms with Gasteiger partial charge < -0.3 is 10.5 Å². The van der Waals surface area contributed by atoms with Crippen molar-refractivity contribution in [1.82, 2.24) is 4.90 Å². The summed E-state index contributed by atoms with van der Waals surface area (Å²) >= 11 is 0. The fraction of sp³-hybridized carbons (Fsp3) is 0.533. The average Bonchev–Trinajstić information content (AvgIpc) is 2.93. The third kappa shape index (κ3) is 2.89. The van der Waals surface area contributed by atoms with Gasteiger partial charge in [0.2, 0.25) is 0 Å². The Morgan fingerprint density at radius 2 is 2.11 bits per heavy atom. The minimum atomic E-state index is -0.0182. The zero-order chi connectivity index (χ0) is 13.8. The summed E-state index contributed by atoms with van der Waals surface area (Å²) in [5.41, 5.74) is 7.07. The van der Waals surface area contributed by atoms with E-state index in [9.17, 15) is 4.79 Å². The average molecular weight is 262 g/mol. The molecule has 19 heavy (non-hydrogen) atoms. The molecule has 1 aromatic carbocycles. The van der Waals surface area contributed by atoms with E-state index in [4.69, 9.17) is 10.5 Å². The minimum Gasteiger partial charge on any atom is -0.495 e. The van der Waals surface area contributed by atoms with Crippen LogP contribution in [-0.4, -0.2) is 36.9 Å². The van der Waals surface area contributed by atoms with E-state index in [1.165, 1.54) is 12.8 Å². The van der Waals surface area contributed by atoms with Gasteiger partial charge in [-0.1, -0.05) is 6.92 Å². The third-order valence-electron chi connectivity index (χ3n) is 3.78. The molecule has 2 N–H and O–H groups in total. The number of hydrogen-bond donors (Lipinski definition) is 1. The fourth-order valence-corrected chi connectivity index (χ4v) is 2.74. The van der Waals surface area contributed by atoms with Crippen molar-refractivity contribution in [2.45, 2.75) is 32.2 Å². The van der Waals surface area contributed by atoms with Gasteiger partial charge in [-0.15, -0.1) is 0 Å². The molecule has 0 radical (unpaired) electrons. The van der Waals surface area contributed by atoms with Gasteiger partial charge >= 0.3 is 0 Å². The van der Waals surface area contributed by atoms with E-state index in [0.717, 1.165) is 19.5 Å². The number of ketones is 1. The van der Waals surface area contributed by atoms with Crippen molar-refractivity contribution in [1.29, 1.82) is 0 Å². The van der Waals surface area contributed by atoms with Crippen LogP contribution in [0.15, 0.2) is 18.2 Å². The minimum absolute atomic E-state index is 0.0182. The SMILES string of the molecule is CCC(C(=O)c1ccc(OC)c(N)c1)N1CCCC1. The van der Waals surface area contributed by atoms with E-state index in [2.05, 4.69) is 11.8 Å². The van der Waals surface area contributed by atoms with Crippen LogP contribution in [0.2, 0.25) is 0 Å². The topological polar surface area (TPSA) is 55.6 Å². The second kappa shape index (κ2) is 6.06. The molecule has 1 aliphatic heterocycles. The molecule has 104 valence electrons. The number of methoxy groups -OCH3 is 1. The van der Waals surface area contributed by atoms with Gasteiger partial charge in [-0.05, 0) is 50.6 Å². The van der Waals surface area contributed by atoms with Gasteiger partial charge in [0.05, 0.1) is 18.8 Å². The number of carbonyl (C=O) groups excluding carboxylic acids is 1. The Morgan fingerprint density at radius 3 is 2.63 bits per heavy atom. The van der Waals surface area contributed by atoms with Gasteiger partial charge in [0.1, 0.15) is 5.75 Å². The molecule has 0 spiro atoms. The number of rotatable bonds is 5. The van der Waals surface area contributed by atoms with Crippen LogP contribution >= 0.6 is 0 Å². The van der Waals surface area contributed by atoms with Gasteiger partial charge in [0, 0.05) is 5.56 Å². The number of nitrogens with zero attached hydrogens (tertiary/aromatic N) is 1. The second-order valence-corrected chi connectivity index (χ2v) is 4.99. The number of anilines is 1. The summed E-state index contributed by atoms with van der Waals surface area (Å²) in [6.07, 6.45) is 3.22. The van der Waals surface area contributed by atoms with E-state index in [1.54, 1.807) is 25.3 Å². The number of likely N-dealkylation sites (tertiary alicyclic amines) is 1. The monoisotopic (exact) mass is 262 g/mol. The smallest absolute Gasteiger partial charge is 0.180 e. The highest BCUT2D eigenvalue weighted by atomic mass is 16.5. The maximum absolute atomic E-state index is 12.6. The largest absolute Gasteiger partial charge is 0.495 e. The van der Waals surface area contributed by atoms with Crippen LogP contribution in [0.25, 0.3) is 0 Å². The maximum Gasteiger partial charge on any atom is 0.180 e. The van der Waals surface area contributed by atoms with E-state index in [0.29, 0.717) is 17.0 Å². The quantitative estimate of drug-likeness (QED) is 0.653. The van der Waals surface area contributed by atoms with Gasteiger partial charge in [0.25, 0.3) is 0 Å². The van der Waals surface area contributed by atoms with Crippen molar-refractivity contribution in [3.63, 3.8) is 0 Å². The Labute approximate surface area is 114 Å². The summed E-state index contributed by atoms with van der Waals surface area (Å²) in [4.78, 5) is 14.9. The fourth-order valence-electron chi connectivity index (χ4n) is 2.74. The van der Waals surface area contributed by atoms with Crippen molar-refractivity contribution in [2.24, 2.45) is 0 Å². The molecule has 1 aliphatic rings. The Bertz CT molecular complexity index is 453. The zero-order valence-electron chi connectivity index (χ0n) is 11.7. The van der Waals surface area contributed by atoms with Crippen LogP contribution < -0.4 is 10.5 Å². The lowest BCUT2D eigenvalue weighted by molar-refractivity contribution is 0.0844. The molecule has 1 atom stereocenters. The molecule has 0 amide bonds. The van der Waals surface area contributed by atoms with Crippen LogP contribution in [0.1, 0.15) is 36.5 Å². The van der Waals surface area contributed by atoms with Crippen LogP contribution in [0.4, 0.5) is 5.69 Å². The first-order chi connectivity index (χ1) is 9.17. The predicted molar refractivity (Wildman–Crippen MR) is 76.6 cm³/mol. The van der Waals surface area contributed by atoms with E-state index < -0.39 is 0 Å². The molecule has 4 nitrogen and oxygen atoms in total. The number of carbonyl (C=O) groups is 1. The van der Waals surface area contributed by atoms with Crippen LogP contribution in [0.3, 0.4) is 0 Å². The number of ether oxygens (including phenoxy) is 1. The van der Waals surface area contributed by atoms with Crippen molar-refractivity contribution >= 4 is 11.5 Å². The molecule has 4 heteroatoms. The molecule has 0 aliphatic carbocycles. The third-order valence-corrected chi connectivity index (χ3v) is 3.78. The standard InChI is InChI=1S/C15H22N2O2/c1-3-13(17-8-4-5-9-17)15(18)11-6-7-14(19-2)12(16)10-11/h6-7,10,13H,3-5,8-9,16H2,1-2H3. The number of Topliss-reactive ketones (excluding diaryl/α,β-unsaturated/α-hetero) is 1.